The van der Waals surface area contributed by atoms with Crippen LogP contribution >= 0.6 is 0 Å². The molecule has 0 aliphatic heterocycles. The number of ether oxygens (including phenoxy) is 1. The summed E-state index contributed by atoms with van der Waals surface area (Å²) in [5.74, 6) is -0.794. The number of imide groups is 1. The van der Waals surface area contributed by atoms with Crippen LogP contribution in [0.15, 0.2) is 18.3 Å². The molecule has 8 nitrogen and oxygen atoms in total. The summed E-state index contributed by atoms with van der Waals surface area (Å²) in [4.78, 5) is 37.8. The second-order valence-electron chi connectivity index (χ2n) is 4.75. The number of rotatable bonds is 5. The molecule has 21 heavy (non-hydrogen) atoms. The maximum absolute atomic E-state index is 11.8. The van der Waals surface area contributed by atoms with Gasteiger partial charge >= 0.3 is 12.0 Å². The first-order valence-electron chi connectivity index (χ1n) is 6.49. The van der Waals surface area contributed by atoms with Crippen LogP contribution in [0.2, 0.25) is 0 Å². The van der Waals surface area contributed by atoms with E-state index in [-0.39, 0.29) is 5.56 Å². The van der Waals surface area contributed by atoms with Crippen molar-refractivity contribution < 1.29 is 19.1 Å². The van der Waals surface area contributed by atoms with E-state index in [0.29, 0.717) is 11.9 Å². The first-order valence-corrected chi connectivity index (χ1v) is 6.49. The topological polar surface area (TPSA) is 123 Å². The summed E-state index contributed by atoms with van der Waals surface area (Å²) in [7, 11) is 0. The van der Waals surface area contributed by atoms with Crippen LogP contribution in [-0.4, -0.2) is 35.0 Å². The molecular formula is C13H16N4O4. The van der Waals surface area contributed by atoms with E-state index in [1.807, 2.05) is 5.32 Å². The summed E-state index contributed by atoms with van der Waals surface area (Å²) in [5, 5.41) is 5.02. The second kappa shape index (κ2) is 6.21. The van der Waals surface area contributed by atoms with E-state index in [1.54, 1.807) is 12.1 Å². The van der Waals surface area contributed by atoms with Crippen molar-refractivity contribution in [3.63, 3.8) is 0 Å². The van der Waals surface area contributed by atoms with Crippen molar-refractivity contribution in [2.75, 3.05) is 5.32 Å². The highest BCUT2D eigenvalue weighted by molar-refractivity contribution is 5.97. The van der Waals surface area contributed by atoms with Gasteiger partial charge in [0.2, 0.25) is 0 Å². The Bertz CT molecular complexity index is 554. The van der Waals surface area contributed by atoms with Gasteiger partial charge in [-0.1, -0.05) is 0 Å². The van der Waals surface area contributed by atoms with Gasteiger partial charge in [-0.3, -0.25) is 10.1 Å². The number of primary amides is 1. The number of nitrogens with zero attached hydrogens (tertiary/aromatic N) is 1. The van der Waals surface area contributed by atoms with Crippen LogP contribution in [0.1, 0.15) is 30.1 Å². The van der Waals surface area contributed by atoms with E-state index >= 15 is 0 Å². The SMILES string of the molecule is CC(OC(=O)c1ccc(NC2CC2)nc1)C(=O)NC(N)=O. The lowest BCUT2D eigenvalue weighted by Crippen LogP contribution is -2.42. The fraction of sp³-hybridized carbons (Fsp3) is 0.385. The zero-order valence-electron chi connectivity index (χ0n) is 11.5. The van der Waals surface area contributed by atoms with Gasteiger partial charge in [0, 0.05) is 12.2 Å². The molecule has 0 spiro atoms. The molecule has 1 aromatic rings. The molecule has 4 N–H and O–H groups in total. The van der Waals surface area contributed by atoms with Crippen molar-refractivity contribution in [1.82, 2.24) is 10.3 Å². The van der Waals surface area contributed by atoms with Crippen LogP contribution in [0.25, 0.3) is 0 Å². The van der Waals surface area contributed by atoms with E-state index in [1.165, 1.54) is 13.1 Å². The molecule has 1 unspecified atom stereocenters. The maximum Gasteiger partial charge on any atom is 0.340 e. The lowest BCUT2D eigenvalue weighted by molar-refractivity contribution is -0.127. The molecule has 1 aliphatic carbocycles. The third kappa shape index (κ3) is 4.44. The van der Waals surface area contributed by atoms with Gasteiger partial charge in [0.1, 0.15) is 5.82 Å². The number of hydrogen-bond donors (Lipinski definition) is 3. The van der Waals surface area contributed by atoms with Crippen molar-refractivity contribution in [2.45, 2.75) is 31.9 Å². The van der Waals surface area contributed by atoms with Gasteiger partial charge in [0.25, 0.3) is 5.91 Å². The molecule has 0 radical (unpaired) electrons. The minimum atomic E-state index is -1.13. The molecule has 0 saturated heterocycles. The van der Waals surface area contributed by atoms with Gasteiger partial charge in [-0.25, -0.2) is 14.6 Å². The number of carbonyl (C=O) groups is 3. The van der Waals surface area contributed by atoms with Gasteiger partial charge < -0.3 is 15.8 Å². The van der Waals surface area contributed by atoms with Crippen molar-refractivity contribution in [2.24, 2.45) is 5.73 Å². The van der Waals surface area contributed by atoms with Crippen molar-refractivity contribution in [3.05, 3.63) is 23.9 Å². The molecule has 0 aromatic carbocycles. The van der Waals surface area contributed by atoms with Gasteiger partial charge in [-0.05, 0) is 31.9 Å². The van der Waals surface area contributed by atoms with E-state index in [2.05, 4.69) is 10.3 Å². The Morgan fingerprint density at radius 2 is 2.10 bits per heavy atom. The van der Waals surface area contributed by atoms with E-state index in [4.69, 9.17) is 10.5 Å². The monoisotopic (exact) mass is 292 g/mol. The number of nitrogens with two attached hydrogens (primary N) is 1. The predicted molar refractivity (Wildman–Crippen MR) is 73.5 cm³/mol. The number of anilines is 1. The average molecular weight is 292 g/mol. The predicted octanol–water partition coefficient (Wildman–Crippen LogP) is 0.396. The Kier molecular flexibility index (Phi) is 4.36. The highest BCUT2D eigenvalue weighted by Gasteiger charge is 2.22. The first-order chi connectivity index (χ1) is 9.95. The van der Waals surface area contributed by atoms with Crippen molar-refractivity contribution in [1.29, 1.82) is 0 Å². The fourth-order valence-electron chi connectivity index (χ4n) is 1.54. The number of esters is 1. The molecule has 112 valence electrons. The number of nitrogens with one attached hydrogen (secondary N) is 2. The summed E-state index contributed by atoms with van der Waals surface area (Å²) < 4.78 is 4.91. The molecule has 1 heterocycles. The van der Waals surface area contributed by atoms with E-state index in [0.717, 1.165) is 12.8 Å². The number of amides is 3. The Hall–Kier alpha value is -2.64. The molecule has 1 saturated carbocycles. The zero-order chi connectivity index (χ0) is 15.4. The minimum absolute atomic E-state index is 0.218. The number of carbonyl (C=O) groups excluding carboxylic acids is 3. The fourth-order valence-corrected chi connectivity index (χ4v) is 1.54. The molecule has 3 amide bonds. The highest BCUT2D eigenvalue weighted by Crippen LogP contribution is 2.23. The standard InChI is InChI=1S/C13H16N4O4/c1-7(11(18)17-13(14)20)21-12(19)8-2-5-10(15-6-8)16-9-3-4-9/h2,5-7,9H,3-4H2,1H3,(H,15,16)(H3,14,17,18,20). The van der Waals surface area contributed by atoms with E-state index in [9.17, 15) is 14.4 Å². The molecule has 1 fully saturated rings. The third-order valence-electron chi connectivity index (χ3n) is 2.83. The van der Waals surface area contributed by atoms with Crippen molar-refractivity contribution in [3.8, 4) is 0 Å². The quantitative estimate of drug-likeness (QED) is 0.675. The van der Waals surface area contributed by atoms with Crippen LogP contribution in [0.5, 0.6) is 0 Å². The Balaban J connectivity index is 1.89. The largest absolute Gasteiger partial charge is 0.449 e. The van der Waals surface area contributed by atoms with Gasteiger partial charge in [-0.2, -0.15) is 0 Å². The normalized spacial score (nSPS) is 14.9. The van der Waals surface area contributed by atoms with E-state index < -0.39 is 24.0 Å². The summed E-state index contributed by atoms with van der Waals surface area (Å²) in [5.41, 5.74) is 5.02. The second-order valence-corrected chi connectivity index (χ2v) is 4.75. The van der Waals surface area contributed by atoms with Crippen molar-refractivity contribution >= 4 is 23.7 Å². The first kappa shape index (κ1) is 14.8. The number of urea groups is 1. The molecule has 0 bridgehead atoms. The molecule has 2 rings (SSSR count). The Morgan fingerprint density at radius 1 is 1.38 bits per heavy atom. The minimum Gasteiger partial charge on any atom is -0.449 e. The number of hydrogen-bond acceptors (Lipinski definition) is 6. The maximum atomic E-state index is 11.8. The van der Waals surface area contributed by atoms with Crippen LogP contribution in [0.4, 0.5) is 10.6 Å². The molecule has 1 atom stereocenters. The van der Waals surface area contributed by atoms with Crippen LogP contribution < -0.4 is 16.4 Å². The molecular weight excluding hydrogens is 276 g/mol. The van der Waals surface area contributed by atoms with Crippen LogP contribution in [0, 0.1) is 0 Å². The van der Waals surface area contributed by atoms with Crippen LogP contribution in [-0.2, 0) is 9.53 Å². The Morgan fingerprint density at radius 3 is 2.62 bits per heavy atom. The number of pyridine rings is 1. The molecule has 1 aliphatic rings. The smallest absolute Gasteiger partial charge is 0.340 e. The van der Waals surface area contributed by atoms with Gasteiger partial charge in [-0.15, -0.1) is 0 Å². The van der Waals surface area contributed by atoms with Gasteiger partial charge in [0.05, 0.1) is 5.56 Å². The van der Waals surface area contributed by atoms with Crippen LogP contribution in [0.3, 0.4) is 0 Å². The molecule has 1 aromatic heterocycles. The lowest BCUT2D eigenvalue weighted by Gasteiger charge is -2.12. The third-order valence-corrected chi connectivity index (χ3v) is 2.83. The summed E-state index contributed by atoms with van der Waals surface area (Å²) >= 11 is 0. The zero-order valence-corrected chi connectivity index (χ0v) is 11.5. The Labute approximate surface area is 121 Å². The molecule has 8 heteroatoms. The number of aromatic nitrogens is 1. The highest BCUT2D eigenvalue weighted by atomic mass is 16.5. The lowest BCUT2D eigenvalue weighted by atomic mass is 10.3. The van der Waals surface area contributed by atoms with Gasteiger partial charge in [0.15, 0.2) is 6.10 Å². The average Bonchev–Trinajstić information content (AvgIpc) is 3.22. The summed E-state index contributed by atoms with van der Waals surface area (Å²) in [6, 6.07) is 2.69. The summed E-state index contributed by atoms with van der Waals surface area (Å²) in [6.45, 7) is 1.34. The summed E-state index contributed by atoms with van der Waals surface area (Å²) in [6.07, 6.45) is 2.48.